The fourth-order valence-electron chi connectivity index (χ4n) is 4.21. The zero-order valence-corrected chi connectivity index (χ0v) is 19.0. The second-order valence-corrected chi connectivity index (χ2v) is 9.18. The summed E-state index contributed by atoms with van der Waals surface area (Å²) in [6.45, 7) is 0.331. The Morgan fingerprint density at radius 3 is 2.64 bits per heavy atom. The number of rotatable bonds is 5. The molecule has 9 heteroatoms. The number of hydrogen-bond acceptors (Lipinski definition) is 5. The molecular formula is C24H24N4O4S. The number of aromatic nitrogens is 1. The summed E-state index contributed by atoms with van der Waals surface area (Å²) in [5, 5.41) is 21.6. The minimum Gasteiger partial charge on any atom is -0.465 e. The number of nitrogens with zero attached hydrogens (tertiary/aromatic N) is 3. The number of likely N-dealkylation sites (tertiary alicyclic amines) is 1. The van der Waals surface area contributed by atoms with Crippen LogP contribution in [-0.4, -0.2) is 45.2 Å². The van der Waals surface area contributed by atoms with Crippen LogP contribution in [0.4, 0.5) is 4.79 Å². The molecule has 33 heavy (non-hydrogen) atoms. The molecule has 1 unspecified atom stereocenters. The Bertz CT molecular complexity index is 1290. The van der Waals surface area contributed by atoms with Gasteiger partial charge in [-0.05, 0) is 48.1 Å². The summed E-state index contributed by atoms with van der Waals surface area (Å²) in [5.41, 5.74) is 3.76. The van der Waals surface area contributed by atoms with Gasteiger partial charge in [0.2, 0.25) is 5.91 Å². The normalized spacial score (nSPS) is 16.8. The highest BCUT2D eigenvalue weighted by Crippen LogP contribution is 2.26. The largest absolute Gasteiger partial charge is 0.465 e. The van der Waals surface area contributed by atoms with Crippen molar-refractivity contribution in [3.8, 4) is 17.2 Å². The Hall–Kier alpha value is -3.64. The maximum Gasteiger partial charge on any atom is 0.407 e. The number of hydrogen-bond donors (Lipinski definition) is 2. The maximum absolute atomic E-state index is 12.7. The molecule has 1 aliphatic rings. The molecule has 2 aromatic carbocycles. The van der Waals surface area contributed by atoms with E-state index in [1.54, 1.807) is 11.6 Å². The van der Waals surface area contributed by atoms with Gasteiger partial charge in [0.1, 0.15) is 12.1 Å². The van der Waals surface area contributed by atoms with Crippen LogP contribution in [0.15, 0.2) is 47.3 Å². The lowest BCUT2D eigenvalue weighted by Crippen LogP contribution is -2.53. The fourth-order valence-corrected chi connectivity index (χ4v) is 5.13. The summed E-state index contributed by atoms with van der Waals surface area (Å²) in [6, 6.07) is 14.2. The van der Waals surface area contributed by atoms with Crippen molar-refractivity contribution in [2.45, 2.75) is 37.8 Å². The molecule has 4 rings (SSSR count). The highest BCUT2D eigenvalue weighted by Gasteiger charge is 2.32. The topological polar surface area (TPSA) is 115 Å². The van der Waals surface area contributed by atoms with E-state index in [1.165, 1.54) is 11.3 Å². The van der Waals surface area contributed by atoms with Crippen LogP contribution in [0.5, 0.6) is 0 Å². The summed E-state index contributed by atoms with van der Waals surface area (Å²) >= 11 is 1.21. The number of carbonyl (C=O) groups excluding carboxylic acids is 1. The lowest BCUT2D eigenvalue weighted by molar-refractivity contribution is -0.127. The van der Waals surface area contributed by atoms with Gasteiger partial charge in [-0.15, -0.1) is 0 Å². The summed E-state index contributed by atoms with van der Waals surface area (Å²) in [6.07, 6.45) is 1.19. The van der Waals surface area contributed by atoms with E-state index in [4.69, 9.17) is 0 Å². The minimum absolute atomic E-state index is 0.00166. The van der Waals surface area contributed by atoms with Crippen LogP contribution in [0.2, 0.25) is 0 Å². The fraction of sp³-hybridized carbons (Fsp3) is 0.333. The first-order valence-electron chi connectivity index (χ1n) is 10.8. The number of aryl methyl sites for hydroxylation is 1. The first-order valence-corrected chi connectivity index (χ1v) is 11.6. The third-order valence-corrected chi connectivity index (χ3v) is 7.04. The Balaban J connectivity index is 1.44. The van der Waals surface area contributed by atoms with Crippen molar-refractivity contribution in [3.05, 3.63) is 57.7 Å². The lowest BCUT2D eigenvalue weighted by atomic mass is 9.99. The average molecular weight is 465 g/mol. The van der Waals surface area contributed by atoms with Crippen molar-refractivity contribution in [2.24, 2.45) is 7.05 Å². The van der Waals surface area contributed by atoms with Gasteiger partial charge in [0.15, 0.2) is 0 Å². The predicted molar refractivity (Wildman–Crippen MR) is 126 cm³/mol. The molecule has 1 aliphatic heterocycles. The molecule has 2 amide bonds. The van der Waals surface area contributed by atoms with Gasteiger partial charge in [-0.25, -0.2) is 4.79 Å². The van der Waals surface area contributed by atoms with Crippen molar-refractivity contribution < 1.29 is 14.7 Å². The second kappa shape index (κ2) is 9.46. The maximum atomic E-state index is 12.7. The van der Waals surface area contributed by atoms with Gasteiger partial charge >= 0.3 is 11.0 Å². The van der Waals surface area contributed by atoms with Gasteiger partial charge < -0.3 is 15.0 Å². The Kier molecular flexibility index (Phi) is 6.47. The highest BCUT2D eigenvalue weighted by atomic mass is 32.1. The van der Waals surface area contributed by atoms with Crippen molar-refractivity contribution in [1.29, 1.82) is 5.26 Å². The standard InChI is InChI=1S/C24H24N4O4S/c1-27-19-10-9-17(13-21(19)33-24(27)32)16-7-5-15(6-8-16)12-18(14-25)26-22(29)20-4-2-3-11-28(20)23(30)31/h5-10,13,18,20H,2-4,11-12H2,1H3,(H,26,29)(H,30,31)/t18-,20?/m0/s1. The van der Waals surface area contributed by atoms with E-state index in [9.17, 15) is 24.8 Å². The minimum atomic E-state index is -1.11. The Morgan fingerprint density at radius 2 is 1.94 bits per heavy atom. The molecule has 2 heterocycles. The third-order valence-electron chi connectivity index (χ3n) is 6.04. The second-order valence-electron chi connectivity index (χ2n) is 8.19. The van der Waals surface area contributed by atoms with Crippen LogP contribution in [0.1, 0.15) is 24.8 Å². The SMILES string of the molecule is Cn1c(=O)sc2cc(-c3ccc(C[C@@H](C#N)NC(=O)C4CCCCN4C(=O)O)cc3)ccc21. The van der Waals surface area contributed by atoms with Gasteiger partial charge in [-0.2, -0.15) is 5.26 Å². The zero-order chi connectivity index (χ0) is 23.5. The van der Waals surface area contributed by atoms with E-state index in [-0.39, 0.29) is 4.87 Å². The third kappa shape index (κ3) is 4.76. The van der Waals surface area contributed by atoms with Crippen molar-refractivity contribution >= 4 is 33.6 Å². The molecule has 2 N–H and O–H groups in total. The van der Waals surface area contributed by atoms with Crippen LogP contribution in [-0.2, 0) is 18.3 Å². The van der Waals surface area contributed by atoms with E-state index >= 15 is 0 Å². The predicted octanol–water partition coefficient (Wildman–Crippen LogP) is 3.35. The molecular weight excluding hydrogens is 440 g/mol. The van der Waals surface area contributed by atoms with Crippen LogP contribution < -0.4 is 10.2 Å². The monoisotopic (exact) mass is 464 g/mol. The molecule has 3 aromatic rings. The highest BCUT2D eigenvalue weighted by molar-refractivity contribution is 7.16. The molecule has 8 nitrogen and oxygen atoms in total. The van der Waals surface area contributed by atoms with E-state index in [0.717, 1.165) is 44.6 Å². The van der Waals surface area contributed by atoms with Crippen molar-refractivity contribution in [1.82, 2.24) is 14.8 Å². The van der Waals surface area contributed by atoms with Crippen molar-refractivity contribution in [3.63, 3.8) is 0 Å². The molecule has 0 spiro atoms. The van der Waals surface area contributed by atoms with Crippen LogP contribution in [0, 0.1) is 11.3 Å². The van der Waals surface area contributed by atoms with E-state index in [0.29, 0.717) is 19.4 Å². The number of nitriles is 1. The number of thiazole rings is 1. The molecule has 1 fully saturated rings. The van der Waals surface area contributed by atoms with Crippen LogP contribution in [0.3, 0.4) is 0 Å². The number of benzene rings is 2. The smallest absolute Gasteiger partial charge is 0.407 e. The molecule has 0 aliphatic carbocycles. The van der Waals surface area contributed by atoms with Gasteiger partial charge in [-0.3, -0.25) is 14.5 Å². The summed E-state index contributed by atoms with van der Waals surface area (Å²) in [4.78, 5) is 37.1. The Morgan fingerprint density at radius 1 is 1.21 bits per heavy atom. The Labute approximate surface area is 194 Å². The number of piperidine rings is 1. The number of fused-ring (bicyclic) bond motifs is 1. The zero-order valence-electron chi connectivity index (χ0n) is 18.2. The van der Waals surface area contributed by atoms with Crippen molar-refractivity contribution in [2.75, 3.05) is 6.54 Å². The van der Waals surface area contributed by atoms with E-state index < -0.39 is 24.1 Å². The number of carboxylic acid groups (broad SMARTS) is 1. The summed E-state index contributed by atoms with van der Waals surface area (Å²) in [5.74, 6) is -0.421. The van der Waals surface area contributed by atoms with Gasteiger partial charge in [0.05, 0.1) is 16.3 Å². The van der Waals surface area contributed by atoms with Crippen LogP contribution >= 0.6 is 11.3 Å². The molecule has 1 aromatic heterocycles. The molecule has 0 bridgehead atoms. The van der Waals surface area contributed by atoms with Gasteiger partial charge in [-0.1, -0.05) is 41.7 Å². The number of carbonyl (C=O) groups is 2. The summed E-state index contributed by atoms with van der Waals surface area (Å²) < 4.78 is 2.56. The molecule has 170 valence electrons. The molecule has 1 saturated heterocycles. The summed E-state index contributed by atoms with van der Waals surface area (Å²) in [7, 11) is 1.76. The van der Waals surface area contributed by atoms with Gasteiger partial charge in [0.25, 0.3) is 0 Å². The number of amides is 2. The van der Waals surface area contributed by atoms with E-state index in [2.05, 4.69) is 11.4 Å². The molecule has 0 radical (unpaired) electrons. The quantitative estimate of drug-likeness (QED) is 0.601. The van der Waals surface area contributed by atoms with Crippen LogP contribution in [0.25, 0.3) is 21.3 Å². The van der Waals surface area contributed by atoms with E-state index in [1.807, 2.05) is 42.5 Å². The van der Waals surface area contributed by atoms with Gasteiger partial charge in [0, 0.05) is 20.0 Å². The number of nitrogens with one attached hydrogen (secondary N) is 1. The first kappa shape index (κ1) is 22.6. The first-order chi connectivity index (χ1) is 15.9. The average Bonchev–Trinajstić information content (AvgIpc) is 3.11. The lowest BCUT2D eigenvalue weighted by Gasteiger charge is -2.32. The molecule has 0 saturated carbocycles. The molecule has 2 atom stereocenters.